The maximum Gasteiger partial charge on any atom is 0.336 e. The van der Waals surface area contributed by atoms with Gasteiger partial charge in [-0.05, 0) is 24.1 Å². The summed E-state index contributed by atoms with van der Waals surface area (Å²) in [5.74, 6) is 0. The minimum absolute atomic E-state index is 0.0481. The number of anilines is 1. The van der Waals surface area contributed by atoms with E-state index in [0.717, 1.165) is 5.56 Å². The Morgan fingerprint density at radius 3 is 2.80 bits per heavy atom. The van der Waals surface area contributed by atoms with E-state index in [-0.39, 0.29) is 6.61 Å². The van der Waals surface area contributed by atoms with Crippen molar-refractivity contribution in [3.63, 3.8) is 0 Å². The molecule has 0 radical (unpaired) electrons. The van der Waals surface area contributed by atoms with Crippen LogP contribution in [0.4, 0.5) is 5.69 Å². The van der Waals surface area contributed by atoms with Crippen LogP contribution in [-0.2, 0) is 6.42 Å². The molecule has 0 atom stereocenters. The molecule has 0 aliphatic rings. The van der Waals surface area contributed by atoms with Gasteiger partial charge in [-0.1, -0.05) is 6.07 Å². The number of fused-ring (bicyclic) bond motifs is 1. The van der Waals surface area contributed by atoms with Gasteiger partial charge in [-0.25, -0.2) is 4.79 Å². The molecule has 0 amide bonds. The average molecular weight is 205 g/mol. The summed E-state index contributed by atoms with van der Waals surface area (Å²) in [6.07, 6.45) is 0.501. The van der Waals surface area contributed by atoms with Crippen LogP contribution in [0.15, 0.2) is 33.5 Å². The van der Waals surface area contributed by atoms with E-state index in [1.807, 2.05) is 0 Å². The minimum Gasteiger partial charge on any atom is -0.423 e. The molecule has 0 aliphatic heterocycles. The first-order chi connectivity index (χ1) is 7.22. The van der Waals surface area contributed by atoms with E-state index in [1.165, 1.54) is 6.07 Å². The van der Waals surface area contributed by atoms with Gasteiger partial charge in [0.25, 0.3) is 0 Å². The van der Waals surface area contributed by atoms with Crippen LogP contribution in [0.3, 0.4) is 0 Å². The minimum atomic E-state index is -0.392. The molecule has 2 aromatic rings. The lowest BCUT2D eigenvalue weighted by Crippen LogP contribution is -2.01. The summed E-state index contributed by atoms with van der Waals surface area (Å²) in [5, 5.41) is 9.54. The fourth-order valence-corrected chi connectivity index (χ4v) is 1.55. The molecule has 78 valence electrons. The molecule has 0 saturated carbocycles. The van der Waals surface area contributed by atoms with Crippen LogP contribution >= 0.6 is 0 Å². The zero-order chi connectivity index (χ0) is 10.8. The number of nitrogen functional groups attached to an aromatic ring is 1. The number of hydrogen-bond acceptors (Lipinski definition) is 4. The van der Waals surface area contributed by atoms with E-state index in [1.54, 1.807) is 18.2 Å². The third-order valence-corrected chi connectivity index (χ3v) is 2.32. The molecule has 0 unspecified atom stereocenters. The van der Waals surface area contributed by atoms with E-state index < -0.39 is 5.63 Å². The van der Waals surface area contributed by atoms with Crippen molar-refractivity contribution < 1.29 is 9.52 Å². The summed E-state index contributed by atoms with van der Waals surface area (Å²) >= 11 is 0. The van der Waals surface area contributed by atoms with Crippen LogP contribution in [0, 0.1) is 0 Å². The largest absolute Gasteiger partial charge is 0.423 e. The van der Waals surface area contributed by atoms with Crippen LogP contribution in [0.1, 0.15) is 5.56 Å². The first-order valence-electron chi connectivity index (χ1n) is 4.64. The van der Waals surface area contributed by atoms with Gasteiger partial charge in [-0.15, -0.1) is 0 Å². The second kappa shape index (κ2) is 3.74. The third kappa shape index (κ3) is 1.71. The predicted octanol–water partition coefficient (Wildman–Crippen LogP) is 0.910. The van der Waals surface area contributed by atoms with Gasteiger partial charge in [0.15, 0.2) is 0 Å². The first-order valence-corrected chi connectivity index (χ1v) is 4.64. The summed E-state index contributed by atoms with van der Waals surface area (Å²) in [5.41, 5.74) is 7.38. The summed E-state index contributed by atoms with van der Waals surface area (Å²) in [4.78, 5) is 11.0. The molecule has 0 saturated heterocycles. The lowest BCUT2D eigenvalue weighted by Gasteiger charge is -2.06. The van der Waals surface area contributed by atoms with Crippen molar-refractivity contribution in [2.75, 3.05) is 12.3 Å². The van der Waals surface area contributed by atoms with Crippen LogP contribution in [-0.4, -0.2) is 11.7 Å². The normalized spacial score (nSPS) is 10.7. The second-order valence-corrected chi connectivity index (χ2v) is 3.28. The van der Waals surface area contributed by atoms with Crippen molar-refractivity contribution in [2.45, 2.75) is 6.42 Å². The highest BCUT2D eigenvalue weighted by Gasteiger charge is 2.05. The van der Waals surface area contributed by atoms with Gasteiger partial charge in [0.1, 0.15) is 5.58 Å². The molecular weight excluding hydrogens is 194 g/mol. The lowest BCUT2D eigenvalue weighted by atomic mass is 10.1. The topological polar surface area (TPSA) is 76.5 Å². The molecular formula is C11H11NO3. The Balaban J connectivity index is 2.68. The van der Waals surface area contributed by atoms with Crippen molar-refractivity contribution in [1.82, 2.24) is 0 Å². The molecule has 0 aliphatic carbocycles. The van der Waals surface area contributed by atoms with E-state index >= 15 is 0 Å². The van der Waals surface area contributed by atoms with E-state index in [9.17, 15) is 4.79 Å². The van der Waals surface area contributed by atoms with Gasteiger partial charge < -0.3 is 15.3 Å². The van der Waals surface area contributed by atoms with E-state index in [2.05, 4.69) is 0 Å². The van der Waals surface area contributed by atoms with Crippen molar-refractivity contribution in [2.24, 2.45) is 0 Å². The van der Waals surface area contributed by atoms with Gasteiger partial charge in [-0.3, -0.25) is 0 Å². The SMILES string of the molecule is Nc1c(CCO)ccc2oc(=O)ccc12. The monoisotopic (exact) mass is 205 g/mol. The Kier molecular flexibility index (Phi) is 2.43. The maximum atomic E-state index is 11.0. The predicted molar refractivity (Wildman–Crippen MR) is 57.7 cm³/mol. The van der Waals surface area contributed by atoms with Gasteiger partial charge >= 0.3 is 5.63 Å². The Morgan fingerprint density at radius 2 is 2.07 bits per heavy atom. The zero-order valence-corrected chi connectivity index (χ0v) is 8.06. The summed E-state index contributed by atoms with van der Waals surface area (Å²) in [7, 11) is 0. The van der Waals surface area contributed by atoms with Gasteiger partial charge in [0.05, 0.1) is 0 Å². The summed E-state index contributed by atoms with van der Waals surface area (Å²) in [6, 6.07) is 6.42. The van der Waals surface area contributed by atoms with Gasteiger partial charge in [0.2, 0.25) is 0 Å². The Bertz CT molecular complexity index is 545. The van der Waals surface area contributed by atoms with Crippen molar-refractivity contribution in [3.05, 3.63) is 40.2 Å². The highest BCUT2D eigenvalue weighted by Crippen LogP contribution is 2.23. The van der Waals surface area contributed by atoms with Crippen LogP contribution in [0.2, 0.25) is 0 Å². The van der Waals surface area contributed by atoms with Crippen molar-refractivity contribution in [1.29, 1.82) is 0 Å². The number of rotatable bonds is 2. The van der Waals surface area contributed by atoms with Gasteiger partial charge in [0, 0.05) is 23.7 Å². The molecule has 0 spiro atoms. The molecule has 2 rings (SSSR count). The molecule has 1 heterocycles. The molecule has 4 nitrogen and oxygen atoms in total. The van der Waals surface area contributed by atoms with Gasteiger partial charge in [-0.2, -0.15) is 0 Å². The average Bonchev–Trinajstić information content (AvgIpc) is 2.22. The quantitative estimate of drug-likeness (QED) is 0.564. The number of aliphatic hydroxyl groups is 1. The summed E-state index contributed by atoms with van der Waals surface area (Å²) < 4.78 is 4.98. The molecule has 0 bridgehead atoms. The zero-order valence-electron chi connectivity index (χ0n) is 8.06. The number of hydrogen-bond donors (Lipinski definition) is 2. The van der Waals surface area contributed by atoms with Crippen LogP contribution < -0.4 is 11.4 Å². The molecule has 1 aromatic carbocycles. The Morgan fingerprint density at radius 1 is 1.27 bits per heavy atom. The number of benzene rings is 1. The summed E-state index contributed by atoms with van der Waals surface area (Å²) in [6.45, 7) is 0.0481. The second-order valence-electron chi connectivity index (χ2n) is 3.28. The van der Waals surface area contributed by atoms with E-state index in [4.69, 9.17) is 15.3 Å². The van der Waals surface area contributed by atoms with E-state index in [0.29, 0.717) is 23.1 Å². The molecule has 3 N–H and O–H groups in total. The molecule has 15 heavy (non-hydrogen) atoms. The standard InChI is InChI=1S/C11H11NO3/c12-11-7(5-6-13)1-3-9-8(11)2-4-10(14)15-9/h1-4,13H,5-6,12H2. The van der Waals surface area contributed by atoms with Crippen LogP contribution in [0.5, 0.6) is 0 Å². The highest BCUT2D eigenvalue weighted by molar-refractivity contribution is 5.90. The fourth-order valence-electron chi connectivity index (χ4n) is 1.55. The lowest BCUT2D eigenvalue weighted by molar-refractivity contribution is 0.300. The number of aliphatic hydroxyl groups excluding tert-OH is 1. The van der Waals surface area contributed by atoms with Crippen molar-refractivity contribution in [3.8, 4) is 0 Å². The maximum absolute atomic E-state index is 11.0. The molecule has 0 fully saturated rings. The fraction of sp³-hybridized carbons (Fsp3) is 0.182. The third-order valence-electron chi connectivity index (χ3n) is 2.32. The van der Waals surface area contributed by atoms with Crippen LogP contribution in [0.25, 0.3) is 11.0 Å². The smallest absolute Gasteiger partial charge is 0.336 e. The Labute approximate surface area is 85.9 Å². The van der Waals surface area contributed by atoms with Crippen molar-refractivity contribution >= 4 is 16.7 Å². The first kappa shape index (κ1) is 9.73. The molecule has 4 heteroatoms. The molecule has 1 aromatic heterocycles. The highest BCUT2D eigenvalue weighted by atomic mass is 16.4. The Hall–Kier alpha value is -1.81. The number of nitrogens with two attached hydrogens (primary N) is 1.